The van der Waals surface area contributed by atoms with Crippen molar-refractivity contribution in [3.63, 3.8) is 0 Å². The lowest BCUT2D eigenvalue weighted by atomic mass is 10.3. The summed E-state index contributed by atoms with van der Waals surface area (Å²) in [4.78, 5) is 12.7. The molecule has 5 heteroatoms. The summed E-state index contributed by atoms with van der Waals surface area (Å²) in [5, 5.41) is 3.19. The van der Waals surface area contributed by atoms with E-state index in [2.05, 4.69) is 18.5 Å². The number of hydrogen-bond donors (Lipinski definition) is 1. The topological polar surface area (TPSA) is 50.8 Å². The van der Waals surface area contributed by atoms with Gasteiger partial charge in [0, 0.05) is 26.2 Å². The van der Waals surface area contributed by atoms with Gasteiger partial charge in [-0.15, -0.1) is 6.58 Å². The fourth-order valence-corrected chi connectivity index (χ4v) is 1.65. The minimum Gasteiger partial charge on any atom is -0.378 e. The molecule has 1 amide bonds. The molecule has 1 unspecified atom stereocenters. The van der Waals surface area contributed by atoms with Crippen molar-refractivity contribution in [3.05, 3.63) is 25.3 Å². The number of ether oxygens (including phenoxy) is 2. The maximum absolute atomic E-state index is 10.9. The first-order valence-corrected chi connectivity index (χ1v) is 6.22. The molecule has 0 aromatic heterocycles. The fraction of sp³-hybridized carbons (Fsp3) is 0.615. The molecular weight excluding hydrogens is 232 g/mol. The molecule has 0 saturated carbocycles. The molecule has 0 aliphatic carbocycles. The lowest BCUT2D eigenvalue weighted by molar-refractivity contribution is -0.129. The van der Waals surface area contributed by atoms with Crippen LogP contribution in [0.25, 0.3) is 0 Å². The zero-order valence-corrected chi connectivity index (χ0v) is 10.8. The zero-order valence-electron chi connectivity index (χ0n) is 10.8. The van der Waals surface area contributed by atoms with Crippen molar-refractivity contribution >= 4 is 5.91 Å². The average Bonchev–Trinajstić information content (AvgIpc) is 2.49. The van der Waals surface area contributed by atoms with Crippen LogP contribution in [-0.2, 0) is 14.3 Å². The highest BCUT2D eigenvalue weighted by atomic mass is 16.5. The first kappa shape index (κ1) is 14.9. The van der Waals surface area contributed by atoms with Crippen LogP contribution in [0, 0.1) is 0 Å². The molecule has 2 heterocycles. The van der Waals surface area contributed by atoms with Crippen LogP contribution in [0.1, 0.15) is 0 Å². The van der Waals surface area contributed by atoms with Gasteiger partial charge in [-0.1, -0.05) is 12.7 Å². The number of hydrogen-bond acceptors (Lipinski definition) is 4. The highest BCUT2D eigenvalue weighted by Gasteiger charge is 2.12. The van der Waals surface area contributed by atoms with Crippen molar-refractivity contribution in [1.82, 2.24) is 10.2 Å². The quantitative estimate of drug-likeness (QED) is 0.565. The zero-order chi connectivity index (χ0) is 13.2. The Morgan fingerprint density at radius 2 is 2.00 bits per heavy atom. The van der Waals surface area contributed by atoms with Crippen molar-refractivity contribution in [2.45, 2.75) is 6.10 Å². The van der Waals surface area contributed by atoms with Gasteiger partial charge in [-0.2, -0.15) is 0 Å². The van der Waals surface area contributed by atoms with E-state index >= 15 is 0 Å². The molecule has 102 valence electrons. The lowest BCUT2D eigenvalue weighted by Crippen LogP contribution is -2.39. The summed E-state index contributed by atoms with van der Waals surface area (Å²) in [6.45, 7) is 12.4. The standard InChI is InChI=1S/C7H11NO2.C6H11NO/c1-2-7(9)8-3-5-10-6-4-8;1-2-6-5-7-3-4-8-6/h2H,1,3-6H2;2,6-7H,1,3-5H2. The van der Waals surface area contributed by atoms with Crippen LogP contribution in [0.5, 0.6) is 0 Å². The van der Waals surface area contributed by atoms with E-state index in [-0.39, 0.29) is 12.0 Å². The Bertz CT molecular complexity index is 269. The van der Waals surface area contributed by atoms with Gasteiger partial charge in [0.2, 0.25) is 5.91 Å². The van der Waals surface area contributed by atoms with Crippen molar-refractivity contribution in [2.75, 3.05) is 46.0 Å². The Labute approximate surface area is 108 Å². The number of amides is 1. The molecule has 5 nitrogen and oxygen atoms in total. The normalized spacial score (nSPS) is 23.6. The van der Waals surface area contributed by atoms with Crippen LogP contribution < -0.4 is 5.32 Å². The minimum atomic E-state index is 0.00306. The molecule has 2 saturated heterocycles. The monoisotopic (exact) mass is 254 g/mol. The van der Waals surface area contributed by atoms with Crippen LogP contribution in [0.2, 0.25) is 0 Å². The number of carbonyl (C=O) groups is 1. The SMILES string of the molecule is C=CC(=O)N1CCOCC1.C=CC1CNCCO1. The first-order chi connectivity index (χ1) is 8.77. The van der Waals surface area contributed by atoms with Crippen molar-refractivity contribution < 1.29 is 14.3 Å². The fourth-order valence-electron chi connectivity index (χ4n) is 1.65. The molecule has 0 aromatic rings. The molecule has 2 aliphatic heterocycles. The van der Waals surface area contributed by atoms with Gasteiger partial charge in [0.25, 0.3) is 0 Å². The molecule has 0 spiro atoms. The van der Waals surface area contributed by atoms with E-state index in [0.29, 0.717) is 26.3 Å². The van der Waals surface area contributed by atoms with E-state index in [4.69, 9.17) is 9.47 Å². The second-order valence-corrected chi connectivity index (χ2v) is 3.99. The summed E-state index contributed by atoms with van der Waals surface area (Å²) in [7, 11) is 0. The van der Waals surface area contributed by atoms with Gasteiger partial charge in [-0.25, -0.2) is 0 Å². The highest BCUT2D eigenvalue weighted by molar-refractivity contribution is 5.87. The summed E-state index contributed by atoms with van der Waals surface area (Å²) in [5.74, 6) is 0.00306. The average molecular weight is 254 g/mol. The van der Waals surface area contributed by atoms with Gasteiger partial charge in [0.15, 0.2) is 0 Å². The summed E-state index contributed by atoms with van der Waals surface area (Å²) in [5.41, 5.74) is 0. The van der Waals surface area contributed by atoms with Crippen LogP contribution >= 0.6 is 0 Å². The third kappa shape index (κ3) is 5.44. The third-order valence-corrected chi connectivity index (χ3v) is 2.72. The van der Waals surface area contributed by atoms with Gasteiger partial charge >= 0.3 is 0 Å². The highest BCUT2D eigenvalue weighted by Crippen LogP contribution is 1.96. The second kappa shape index (κ2) is 8.85. The van der Waals surface area contributed by atoms with Crippen molar-refractivity contribution in [1.29, 1.82) is 0 Å². The smallest absolute Gasteiger partial charge is 0.246 e. The Morgan fingerprint density at radius 1 is 1.28 bits per heavy atom. The molecule has 1 atom stereocenters. The van der Waals surface area contributed by atoms with E-state index in [1.807, 2.05) is 6.08 Å². The Kier molecular flexibility index (Phi) is 7.32. The summed E-state index contributed by atoms with van der Waals surface area (Å²) in [6.07, 6.45) is 3.40. The Hall–Kier alpha value is -1.17. The van der Waals surface area contributed by atoms with Crippen LogP contribution in [0.3, 0.4) is 0 Å². The predicted octanol–water partition coefficient (Wildman–Crippen LogP) is 0.192. The van der Waals surface area contributed by atoms with Crippen molar-refractivity contribution in [2.24, 2.45) is 0 Å². The first-order valence-electron chi connectivity index (χ1n) is 6.22. The number of carbonyl (C=O) groups excluding carboxylic acids is 1. The van der Waals surface area contributed by atoms with E-state index in [0.717, 1.165) is 19.7 Å². The second-order valence-electron chi connectivity index (χ2n) is 3.99. The predicted molar refractivity (Wildman–Crippen MR) is 70.4 cm³/mol. The number of nitrogens with one attached hydrogen (secondary N) is 1. The minimum absolute atomic E-state index is 0.00306. The Balaban J connectivity index is 0.000000184. The third-order valence-electron chi connectivity index (χ3n) is 2.72. The number of rotatable bonds is 2. The van der Waals surface area contributed by atoms with Gasteiger partial charge in [0.1, 0.15) is 0 Å². The van der Waals surface area contributed by atoms with Gasteiger partial charge in [0.05, 0.1) is 25.9 Å². The molecular formula is C13H22N2O3. The Morgan fingerprint density at radius 3 is 2.44 bits per heavy atom. The van der Waals surface area contributed by atoms with E-state index in [9.17, 15) is 4.79 Å². The molecule has 0 aromatic carbocycles. The largest absolute Gasteiger partial charge is 0.378 e. The van der Waals surface area contributed by atoms with E-state index < -0.39 is 0 Å². The molecule has 18 heavy (non-hydrogen) atoms. The maximum Gasteiger partial charge on any atom is 0.246 e. The van der Waals surface area contributed by atoms with E-state index in [1.54, 1.807) is 4.90 Å². The molecule has 2 rings (SSSR count). The number of nitrogens with zero attached hydrogens (tertiary/aromatic N) is 1. The van der Waals surface area contributed by atoms with Crippen LogP contribution in [-0.4, -0.2) is 62.9 Å². The summed E-state index contributed by atoms with van der Waals surface area (Å²) < 4.78 is 10.3. The number of morpholine rings is 2. The van der Waals surface area contributed by atoms with Gasteiger partial charge in [-0.3, -0.25) is 4.79 Å². The van der Waals surface area contributed by atoms with Gasteiger partial charge in [-0.05, 0) is 6.08 Å². The maximum atomic E-state index is 10.9. The summed E-state index contributed by atoms with van der Waals surface area (Å²) in [6, 6.07) is 0. The van der Waals surface area contributed by atoms with Crippen LogP contribution in [0.15, 0.2) is 25.3 Å². The molecule has 1 N–H and O–H groups in total. The van der Waals surface area contributed by atoms with Gasteiger partial charge < -0.3 is 19.7 Å². The van der Waals surface area contributed by atoms with E-state index in [1.165, 1.54) is 6.08 Å². The molecule has 0 radical (unpaired) electrons. The molecule has 0 bridgehead atoms. The molecule has 2 aliphatic rings. The van der Waals surface area contributed by atoms with Crippen molar-refractivity contribution in [3.8, 4) is 0 Å². The molecule has 2 fully saturated rings. The summed E-state index contributed by atoms with van der Waals surface area (Å²) >= 11 is 0. The lowest BCUT2D eigenvalue weighted by Gasteiger charge is -2.25. The van der Waals surface area contributed by atoms with Crippen LogP contribution in [0.4, 0.5) is 0 Å².